The molecule has 0 saturated carbocycles. The van der Waals surface area contributed by atoms with Gasteiger partial charge in [-0.05, 0) is 23.8 Å². The zero-order valence-electron chi connectivity index (χ0n) is 17.3. The summed E-state index contributed by atoms with van der Waals surface area (Å²) in [5.41, 5.74) is 0.0391. The summed E-state index contributed by atoms with van der Waals surface area (Å²) in [6.07, 6.45) is -0.419. The van der Waals surface area contributed by atoms with Crippen molar-refractivity contribution in [3.63, 3.8) is 0 Å². The molecule has 1 aliphatic carbocycles. The highest BCUT2D eigenvalue weighted by atomic mass is 32.2. The number of carbonyl (C=O) groups is 2. The summed E-state index contributed by atoms with van der Waals surface area (Å²) < 4.78 is 72.3. The molecule has 1 N–H and O–H groups in total. The minimum atomic E-state index is -4.58. The average Bonchev–Trinajstić information content (AvgIpc) is 3.11. The summed E-state index contributed by atoms with van der Waals surface area (Å²) in [5, 5.41) is 2.55. The number of allylic oxidation sites excluding steroid dienone is 4. The Hall–Kier alpha value is -3.12. The van der Waals surface area contributed by atoms with Gasteiger partial charge in [0, 0.05) is 23.4 Å². The van der Waals surface area contributed by atoms with E-state index in [1.165, 1.54) is 29.2 Å². The number of alkyl halides is 3. The van der Waals surface area contributed by atoms with Gasteiger partial charge in [0.05, 0.1) is 24.3 Å². The van der Waals surface area contributed by atoms with Crippen molar-refractivity contribution in [1.82, 2.24) is 10.2 Å². The van der Waals surface area contributed by atoms with E-state index in [4.69, 9.17) is 4.74 Å². The summed E-state index contributed by atoms with van der Waals surface area (Å²) >= 11 is 0. The van der Waals surface area contributed by atoms with Gasteiger partial charge in [-0.25, -0.2) is 4.79 Å². The van der Waals surface area contributed by atoms with E-state index in [0.29, 0.717) is 11.3 Å². The Kier molecular flexibility index (Phi) is 5.83. The third-order valence-electron chi connectivity index (χ3n) is 5.38. The highest BCUT2D eigenvalue weighted by Gasteiger charge is 2.39. The van der Waals surface area contributed by atoms with Crippen LogP contribution in [0, 0.1) is 5.92 Å². The summed E-state index contributed by atoms with van der Waals surface area (Å²) in [4.78, 5) is 26.3. The summed E-state index contributed by atoms with van der Waals surface area (Å²) in [5.74, 6) is -1.20. The molecular weight excluding hydrogens is 465 g/mol. The van der Waals surface area contributed by atoms with Crippen molar-refractivity contribution in [2.45, 2.75) is 18.7 Å². The summed E-state index contributed by atoms with van der Waals surface area (Å²) in [7, 11) is -3.70. The molecule has 8 nitrogen and oxygen atoms in total. The molecule has 33 heavy (non-hydrogen) atoms. The molecule has 1 saturated heterocycles. The molecule has 2 amide bonds. The third-order valence-corrected chi connectivity index (χ3v) is 5.94. The number of benzene rings is 1. The van der Waals surface area contributed by atoms with Crippen LogP contribution in [0.2, 0.25) is 0 Å². The second kappa shape index (κ2) is 8.34. The fraction of sp³-hybridized carbons (Fsp3) is 0.333. The zero-order chi connectivity index (χ0) is 24.0. The first-order valence-electron chi connectivity index (χ1n) is 9.85. The predicted octanol–water partition coefficient (Wildman–Crippen LogP) is 2.80. The number of nitrogens with zero attached hydrogens (tertiary/aromatic N) is 1. The molecule has 12 heteroatoms. The molecule has 1 aromatic rings. The fourth-order valence-electron chi connectivity index (χ4n) is 3.87. The molecule has 0 spiro atoms. The van der Waals surface area contributed by atoms with Crippen LogP contribution in [-0.2, 0) is 30.0 Å². The van der Waals surface area contributed by atoms with E-state index < -0.39 is 45.9 Å². The lowest BCUT2D eigenvalue weighted by molar-refractivity contribution is -0.138. The molecule has 1 fully saturated rings. The predicted molar refractivity (Wildman–Crippen MR) is 110 cm³/mol. The quantitative estimate of drug-likeness (QED) is 0.645. The van der Waals surface area contributed by atoms with Crippen LogP contribution >= 0.6 is 0 Å². The van der Waals surface area contributed by atoms with Gasteiger partial charge in [0.1, 0.15) is 12.7 Å². The zero-order valence-corrected chi connectivity index (χ0v) is 18.1. The molecule has 0 bridgehead atoms. The van der Waals surface area contributed by atoms with E-state index in [1.807, 2.05) is 0 Å². The Morgan fingerprint density at radius 1 is 1.21 bits per heavy atom. The molecule has 1 aromatic carbocycles. The van der Waals surface area contributed by atoms with Crippen molar-refractivity contribution < 1.29 is 40.1 Å². The lowest BCUT2D eigenvalue weighted by Crippen LogP contribution is -2.38. The first kappa shape index (κ1) is 23.1. The number of nitrogens with one attached hydrogen (secondary N) is 1. The number of amides is 2. The second-order valence-corrected chi connectivity index (χ2v) is 9.42. The van der Waals surface area contributed by atoms with Crippen LogP contribution in [0.3, 0.4) is 0 Å². The fourth-order valence-corrected chi connectivity index (χ4v) is 4.27. The first-order chi connectivity index (χ1) is 15.4. The van der Waals surface area contributed by atoms with E-state index in [1.54, 1.807) is 12.2 Å². The van der Waals surface area contributed by atoms with Crippen molar-refractivity contribution in [1.29, 1.82) is 0 Å². The molecule has 176 valence electrons. The van der Waals surface area contributed by atoms with E-state index in [9.17, 15) is 31.2 Å². The van der Waals surface area contributed by atoms with Crippen molar-refractivity contribution >= 4 is 27.8 Å². The standard InChI is InChI=1S/C21H19F3N2O6S/c1-33(29,30)31-11-14-10-26(20(28)32-14)13-7-6-12-8-18(25-19(27)16(12)9-13)15-4-2-3-5-17(15)21(22,23)24/h2-8,14,16H,9-11H2,1H3,(H,25,27). The number of rotatable bonds is 5. The maximum Gasteiger partial charge on any atom is 0.417 e. The Bertz CT molecular complexity index is 1200. The molecule has 0 aromatic heterocycles. The minimum absolute atomic E-state index is 0.0394. The third kappa shape index (κ3) is 4.96. The van der Waals surface area contributed by atoms with Crippen LogP contribution in [0.25, 0.3) is 5.70 Å². The number of hydrogen-bond donors (Lipinski definition) is 1. The molecular formula is C21H19F3N2O6S. The largest absolute Gasteiger partial charge is 0.441 e. The van der Waals surface area contributed by atoms with Crippen LogP contribution in [-0.4, -0.2) is 50.8 Å². The summed E-state index contributed by atoms with van der Waals surface area (Å²) in [6, 6.07) is 4.97. The number of hydrogen-bond acceptors (Lipinski definition) is 6. The molecule has 4 rings (SSSR count). The van der Waals surface area contributed by atoms with Gasteiger partial charge in [-0.2, -0.15) is 21.6 Å². The Morgan fingerprint density at radius 3 is 2.64 bits per heavy atom. The Labute approximate surface area is 187 Å². The van der Waals surface area contributed by atoms with Gasteiger partial charge in [-0.1, -0.05) is 24.3 Å². The maximum absolute atomic E-state index is 13.4. The highest BCUT2D eigenvalue weighted by molar-refractivity contribution is 7.85. The van der Waals surface area contributed by atoms with Crippen LogP contribution in [0.4, 0.5) is 18.0 Å². The lowest BCUT2D eigenvalue weighted by atomic mass is 9.84. The Morgan fingerprint density at radius 2 is 1.94 bits per heavy atom. The van der Waals surface area contributed by atoms with Gasteiger partial charge < -0.3 is 10.1 Å². The van der Waals surface area contributed by atoms with Crippen LogP contribution in [0.1, 0.15) is 17.5 Å². The molecule has 2 unspecified atom stereocenters. The van der Waals surface area contributed by atoms with Crippen LogP contribution < -0.4 is 5.32 Å². The van der Waals surface area contributed by atoms with Gasteiger partial charge in [0.25, 0.3) is 10.1 Å². The number of ether oxygens (including phenoxy) is 1. The van der Waals surface area contributed by atoms with E-state index in [-0.39, 0.29) is 30.8 Å². The number of halogens is 3. The van der Waals surface area contributed by atoms with Gasteiger partial charge in [-0.3, -0.25) is 13.9 Å². The summed E-state index contributed by atoms with van der Waals surface area (Å²) in [6.45, 7) is -0.290. The topological polar surface area (TPSA) is 102 Å². The first-order valence-corrected chi connectivity index (χ1v) is 11.7. The van der Waals surface area contributed by atoms with Gasteiger partial charge in [0.2, 0.25) is 5.91 Å². The minimum Gasteiger partial charge on any atom is -0.441 e. The van der Waals surface area contributed by atoms with Crippen LogP contribution in [0.5, 0.6) is 0 Å². The molecule has 2 heterocycles. The van der Waals surface area contributed by atoms with Crippen molar-refractivity contribution in [2.75, 3.05) is 19.4 Å². The molecule has 3 aliphatic rings. The number of cyclic esters (lactones) is 1. The lowest BCUT2D eigenvalue weighted by Gasteiger charge is -2.30. The SMILES string of the molecule is CS(=O)(=O)OCC1CN(C2=CC=C3C=C(c4ccccc4C(F)(F)F)NC(=O)C3C2)C(=O)O1. The maximum atomic E-state index is 13.4. The number of carbonyl (C=O) groups excluding carboxylic acids is 2. The van der Waals surface area contributed by atoms with Crippen molar-refractivity contribution in [3.05, 3.63) is 64.9 Å². The van der Waals surface area contributed by atoms with Gasteiger partial charge in [0.15, 0.2) is 0 Å². The van der Waals surface area contributed by atoms with E-state index in [0.717, 1.165) is 12.3 Å². The van der Waals surface area contributed by atoms with E-state index in [2.05, 4.69) is 9.50 Å². The number of fused-ring (bicyclic) bond motifs is 1. The smallest absolute Gasteiger partial charge is 0.417 e. The second-order valence-electron chi connectivity index (χ2n) is 7.78. The van der Waals surface area contributed by atoms with Gasteiger partial charge >= 0.3 is 12.3 Å². The monoisotopic (exact) mass is 484 g/mol. The van der Waals surface area contributed by atoms with Gasteiger partial charge in [-0.15, -0.1) is 0 Å². The molecule has 2 aliphatic heterocycles. The normalized spacial score (nSPS) is 23.3. The van der Waals surface area contributed by atoms with Crippen molar-refractivity contribution in [2.24, 2.45) is 5.92 Å². The van der Waals surface area contributed by atoms with E-state index >= 15 is 0 Å². The Balaban J connectivity index is 1.57. The van der Waals surface area contributed by atoms with Crippen LogP contribution in [0.15, 0.2) is 53.8 Å². The molecule has 2 atom stereocenters. The molecule has 0 radical (unpaired) electrons. The van der Waals surface area contributed by atoms with Crippen molar-refractivity contribution in [3.8, 4) is 0 Å². The highest BCUT2D eigenvalue weighted by Crippen LogP contribution is 2.38. The average molecular weight is 484 g/mol.